The van der Waals surface area contributed by atoms with Gasteiger partial charge in [-0.15, -0.1) is 0 Å². The van der Waals surface area contributed by atoms with Crippen LogP contribution in [0.15, 0.2) is 18.2 Å². The summed E-state index contributed by atoms with van der Waals surface area (Å²) in [6.07, 6.45) is -4.53. The van der Waals surface area contributed by atoms with E-state index in [1.807, 2.05) is 6.92 Å². The number of alkyl halides is 3. The van der Waals surface area contributed by atoms with Crippen LogP contribution >= 0.6 is 11.6 Å². The van der Waals surface area contributed by atoms with Crippen LogP contribution in [0.2, 0.25) is 5.02 Å². The van der Waals surface area contributed by atoms with Crippen molar-refractivity contribution in [3.05, 3.63) is 28.8 Å². The molecule has 0 aliphatic heterocycles. The Morgan fingerprint density at radius 1 is 1.28 bits per heavy atom. The normalized spacial score (nSPS) is 13.9. The van der Waals surface area contributed by atoms with Gasteiger partial charge in [0.2, 0.25) is 0 Å². The molecule has 0 aliphatic rings. The number of halogens is 4. The number of hydrogen-bond acceptors (Lipinski definition) is 2. The Balaban J connectivity index is 2.88. The Hall–Kier alpha value is -1.80. The van der Waals surface area contributed by atoms with Crippen molar-refractivity contribution in [3.8, 4) is 0 Å². The fourth-order valence-electron chi connectivity index (χ4n) is 2.27. The lowest BCUT2D eigenvalue weighted by atomic mass is 10.1. The molecule has 0 saturated heterocycles. The number of nitrogens with one attached hydrogen (secondary N) is 3. The number of benzene rings is 1. The molecular weight excluding hydrogens is 359 g/mol. The topological polar surface area (TPSA) is 62.6 Å². The van der Waals surface area contributed by atoms with Gasteiger partial charge >= 0.3 is 6.18 Å². The van der Waals surface area contributed by atoms with Crippen LogP contribution in [0.25, 0.3) is 0 Å². The Labute approximate surface area is 149 Å². The van der Waals surface area contributed by atoms with Crippen molar-refractivity contribution in [1.82, 2.24) is 5.32 Å². The molecule has 0 heterocycles. The number of hydrogen-bond donors (Lipinski definition) is 3. The number of amides is 2. The number of carbonyl (C=O) groups excluding carboxylic acids is 2. The maximum Gasteiger partial charge on any atom is 0.416 e. The molecule has 140 valence electrons. The van der Waals surface area contributed by atoms with E-state index in [9.17, 15) is 22.8 Å². The van der Waals surface area contributed by atoms with Gasteiger partial charge in [-0.05, 0) is 39.0 Å². The van der Waals surface area contributed by atoms with Gasteiger partial charge in [0.25, 0.3) is 11.8 Å². The van der Waals surface area contributed by atoms with Crippen LogP contribution in [0.3, 0.4) is 0 Å². The van der Waals surface area contributed by atoms with Crippen molar-refractivity contribution >= 4 is 29.1 Å². The first-order valence-electron chi connectivity index (χ1n) is 7.89. The Morgan fingerprint density at radius 3 is 2.44 bits per heavy atom. The summed E-state index contributed by atoms with van der Waals surface area (Å²) in [7, 11) is 0. The lowest BCUT2D eigenvalue weighted by Crippen LogP contribution is -3.17. The Kier molecular flexibility index (Phi) is 7.69. The third-order valence-corrected chi connectivity index (χ3v) is 4.10. The molecular formula is C16H22ClF3N3O2+. The lowest BCUT2D eigenvalue weighted by Gasteiger charge is -2.23. The van der Waals surface area contributed by atoms with Crippen LogP contribution < -0.4 is 15.5 Å². The van der Waals surface area contributed by atoms with Crippen molar-refractivity contribution in [2.75, 3.05) is 25.0 Å². The van der Waals surface area contributed by atoms with Gasteiger partial charge in [0, 0.05) is 6.54 Å². The fraction of sp³-hybridized carbons (Fsp3) is 0.500. The van der Waals surface area contributed by atoms with E-state index in [1.54, 1.807) is 13.8 Å². The molecule has 0 spiro atoms. The van der Waals surface area contributed by atoms with E-state index in [-0.39, 0.29) is 23.2 Å². The summed E-state index contributed by atoms with van der Waals surface area (Å²) in [6.45, 7) is 6.29. The number of carbonyl (C=O) groups is 2. The molecule has 0 aromatic heterocycles. The first-order chi connectivity index (χ1) is 11.6. The zero-order valence-electron chi connectivity index (χ0n) is 14.3. The third-order valence-electron chi connectivity index (χ3n) is 3.77. The molecule has 9 heteroatoms. The maximum atomic E-state index is 12.8. The summed E-state index contributed by atoms with van der Waals surface area (Å²) in [6, 6.07) is 2.09. The second kappa shape index (κ2) is 9.05. The molecule has 25 heavy (non-hydrogen) atoms. The SMILES string of the molecule is CCNC(=O)C[NH+](CC)[C@H](C)C(=O)Nc1cc(C(F)(F)F)ccc1Cl. The van der Waals surface area contributed by atoms with Gasteiger partial charge in [-0.2, -0.15) is 13.2 Å². The molecule has 3 N–H and O–H groups in total. The van der Waals surface area contributed by atoms with E-state index >= 15 is 0 Å². The number of likely N-dealkylation sites (N-methyl/N-ethyl adjacent to an activating group) is 2. The highest BCUT2D eigenvalue weighted by Crippen LogP contribution is 2.33. The van der Waals surface area contributed by atoms with Gasteiger partial charge < -0.3 is 15.5 Å². The summed E-state index contributed by atoms with van der Waals surface area (Å²) >= 11 is 5.88. The second-order valence-electron chi connectivity index (χ2n) is 5.55. The number of quaternary nitrogens is 1. The van der Waals surface area contributed by atoms with E-state index in [0.29, 0.717) is 18.0 Å². The molecule has 0 radical (unpaired) electrons. The zero-order valence-corrected chi connectivity index (χ0v) is 15.0. The minimum Gasteiger partial charge on any atom is -0.351 e. The molecule has 1 unspecified atom stereocenters. The smallest absolute Gasteiger partial charge is 0.351 e. The molecule has 0 saturated carbocycles. The predicted molar refractivity (Wildman–Crippen MR) is 89.6 cm³/mol. The summed E-state index contributed by atoms with van der Waals surface area (Å²) in [5, 5.41) is 5.08. The van der Waals surface area contributed by atoms with Gasteiger partial charge in [-0.3, -0.25) is 9.59 Å². The highest BCUT2D eigenvalue weighted by Gasteiger charge is 2.32. The van der Waals surface area contributed by atoms with Gasteiger partial charge in [0.15, 0.2) is 12.6 Å². The number of rotatable bonds is 7. The van der Waals surface area contributed by atoms with E-state index < -0.39 is 23.7 Å². The van der Waals surface area contributed by atoms with Gasteiger partial charge in [0.05, 0.1) is 22.8 Å². The van der Waals surface area contributed by atoms with Crippen LogP contribution in [0, 0.1) is 0 Å². The molecule has 0 fully saturated rings. The van der Waals surface area contributed by atoms with Crippen LogP contribution in [0.1, 0.15) is 26.3 Å². The summed E-state index contributed by atoms with van der Waals surface area (Å²) in [5.74, 6) is -0.710. The van der Waals surface area contributed by atoms with Crippen LogP contribution in [-0.2, 0) is 15.8 Å². The first-order valence-corrected chi connectivity index (χ1v) is 8.26. The molecule has 5 nitrogen and oxygen atoms in total. The van der Waals surface area contributed by atoms with Crippen LogP contribution in [0.4, 0.5) is 18.9 Å². The third kappa shape index (κ3) is 6.21. The van der Waals surface area contributed by atoms with Crippen LogP contribution in [0.5, 0.6) is 0 Å². The average molecular weight is 381 g/mol. The molecule has 2 amide bonds. The Bertz CT molecular complexity index is 623. The molecule has 0 aliphatic carbocycles. The molecule has 1 aromatic carbocycles. The van der Waals surface area contributed by atoms with Gasteiger partial charge in [0.1, 0.15) is 0 Å². The molecule has 2 atom stereocenters. The molecule has 0 bridgehead atoms. The van der Waals surface area contributed by atoms with E-state index in [4.69, 9.17) is 11.6 Å². The largest absolute Gasteiger partial charge is 0.416 e. The summed E-state index contributed by atoms with van der Waals surface area (Å²) < 4.78 is 38.4. The number of anilines is 1. The molecule has 1 aromatic rings. The fourth-order valence-corrected chi connectivity index (χ4v) is 2.44. The van der Waals surface area contributed by atoms with Gasteiger partial charge in [-0.25, -0.2) is 0 Å². The van der Waals surface area contributed by atoms with Crippen molar-refractivity contribution in [3.63, 3.8) is 0 Å². The predicted octanol–water partition coefficient (Wildman–Crippen LogP) is 1.73. The van der Waals surface area contributed by atoms with E-state index in [1.165, 1.54) is 0 Å². The second-order valence-corrected chi connectivity index (χ2v) is 5.95. The molecule has 1 rings (SSSR count). The minimum atomic E-state index is -4.53. The summed E-state index contributed by atoms with van der Waals surface area (Å²) in [4.78, 5) is 24.7. The zero-order chi connectivity index (χ0) is 19.2. The highest BCUT2D eigenvalue weighted by molar-refractivity contribution is 6.33. The van der Waals surface area contributed by atoms with E-state index in [0.717, 1.165) is 18.2 Å². The standard InChI is InChI=1S/C16H21ClF3N3O2/c1-4-21-14(24)9-23(5-2)10(3)15(25)22-13-8-11(16(18,19)20)6-7-12(13)17/h6-8,10H,4-5,9H2,1-3H3,(H,21,24)(H,22,25)/p+1/t10-/m1/s1. The van der Waals surface area contributed by atoms with Crippen molar-refractivity contribution in [2.24, 2.45) is 0 Å². The Morgan fingerprint density at radius 2 is 1.92 bits per heavy atom. The van der Waals surface area contributed by atoms with Crippen molar-refractivity contribution < 1.29 is 27.7 Å². The van der Waals surface area contributed by atoms with Crippen molar-refractivity contribution in [2.45, 2.75) is 33.0 Å². The van der Waals surface area contributed by atoms with Crippen molar-refractivity contribution in [1.29, 1.82) is 0 Å². The average Bonchev–Trinajstić information content (AvgIpc) is 2.53. The quantitative estimate of drug-likeness (QED) is 0.674. The van der Waals surface area contributed by atoms with Gasteiger partial charge in [-0.1, -0.05) is 11.6 Å². The lowest BCUT2D eigenvalue weighted by molar-refractivity contribution is -0.904. The monoisotopic (exact) mass is 380 g/mol. The maximum absolute atomic E-state index is 12.8. The van der Waals surface area contributed by atoms with Crippen LogP contribution in [-0.4, -0.2) is 37.5 Å². The minimum absolute atomic E-state index is 0.00956. The highest BCUT2D eigenvalue weighted by atomic mass is 35.5. The van der Waals surface area contributed by atoms with E-state index in [2.05, 4.69) is 10.6 Å². The summed E-state index contributed by atoms with van der Waals surface area (Å²) in [5.41, 5.74) is -1.01. The first kappa shape index (κ1) is 21.2.